The highest BCUT2D eigenvalue weighted by Crippen LogP contribution is 2.51. The molecular weight excluding hydrogens is 370 g/mol. The summed E-state index contributed by atoms with van der Waals surface area (Å²) in [5.41, 5.74) is 1.13. The molecule has 1 unspecified atom stereocenters. The molecule has 2 N–H and O–H groups in total. The molecule has 2 aromatic rings. The molecule has 6 nitrogen and oxygen atoms in total. The van der Waals surface area contributed by atoms with Gasteiger partial charge in [0.1, 0.15) is 11.5 Å². The Bertz CT molecular complexity index is 858. The lowest BCUT2D eigenvalue weighted by Crippen LogP contribution is -2.40. The van der Waals surface area contributed by atoms with Gasteiger partial charge in [0.15, 0.2) is 0 Å². The number of hydrogen-bond donors (Lipinski definition) is 2. The maximum atomic E-state index is 12.9. The van der Waals surface area contributed by atoms with Crippen LogP contribution in [0.25, 0.3) is 0 Å². The van der Waals surface area contributed by atoms with Crippen molar-refractivity contribution in [3.8, 4) is 11.5 Å². The fraction of sp³-hybridized carbons (Fsp3) is 0.391. The number of rotatable bonds is 10. The normalized spacial score (nSPS) is 15.2. The van der Waals surface area contributed by atoms with Crippen LogP contribution in [-0.2, 0) is 21.4 Å². The van der Waals surface area contributed by atoms with Gasteiger partial charge >= 0.3 is 5.97 Å². The monoisotopic (exact) mass is 397 g/mol. The summed E-state index contributed by atoms with van der Waals surface area (Å²) >= 11 is 0. The Morgan fingerprint density at radius 3 is 2.41 bits per heavy atom. The Kier molecular flexibility index (Phi) is 6.42. The minimum atomic E-state index is -0.929. The highest BCUT2D eigenvalue weighted by atomic mass is 16.5. The minimum Gasteiger partial charge on any atom is -0.496 e. The van der Waals surface area contributed by atoms with Crippen molar-refractivity contribution < 1.29 is 24.2 Å². The molecule has 1 fully saturated rings. The molecule has 0 heterocycles. The van der Waals surface area contributed by atoms with Gasteiger partial charge in [0.05, 0.1) is 25.0 Å². The largest absolute Gasteiger partial charge is 0.496 e. The molecule has 1 atom stereocenters. The molecule has 0 bridgehead atoms. The first-order valence-electron chi connectivity index (χ1n) is 9.86. The molecule has 2 aromatic carbocycles. The van der Waals surface area contributed by atoms with E-state index < -0.39 is 17.3 Å². The third-order valence-electron chi connectivity index (χ3n) is 5.38. The fourth-order valence-electron chi connectivity index (χ4n) is 3.59. The van der Waals surface area contributed by atoms with Gasteiger partial charge in [0.2, 0.25) is 5.91 Å². The maximum absolute atomic E-state index is 12.9. The van der Waals surface area contributed by atoms with Gasteiger partial charge in [-0.05, 0) is 49.9 Å². The van der Waals surface area contributed by atoms with Crippen LogP contribution in [0.1, 0.15) is 30.9 Å². The number of carbonyl (C=O) groups is 2. The molecule has 3 rings (SSSR count). The predicted molar refractivity (Wildman–Crippen MR) is 109 cm³/mol. The van der Waals surface area contributed by atoms with E-state index in [2.05, 4.69) is 5.32 Å². The second-order valence-electron chi connectivity index (χ2n) is 7.31. The van der Waals surface area contributed by atoms with E-state index in [4.69, 9.17) is 9.47 Å². The van der Waals surface area contributed by atoms with Crippen molar-refractivity contribution in [2.75, 3.05) is 20.3 Å². The second-order valence-corrected chi connectivity index (χ2v) is 7.31. The lowest BCUT2D eigenvalue weighted by Gasteiger charge is -2.20. The number of hydrogen-bond acceptors (Lipinski definition) is 4. The van der Waals surface area contributed by atoms with Crippen LogP contribution >= 0.6 is 0 Å². The average Bonchev–Trinajstić information content (AvgIpc) is 3.54. The Balaban J connectivity index is 1.64. The van der Waals surface area contributed by atoms with Crippen molar-refractivity contribution in [1.82, 2.24) is 5.32 Å². The summed E-state index contributed by atoms with van der Waals surface area (Å²) in [5, 5.41) is 12.5. The average molecular weight is 397 g/mol. The molecule has 1 amide bonds. The summed E-state index contributed by atoms with van der Waals surface area (Å²) < 4.78 is 10.8. The Morgan fingerprint density at radius 2 is 1.83 bits per heavy atom. The van der Waals surface area contributed by atoms with E-state index in [0.29, 0.717) is 18.8 Å². The summed E-state index contributed by atoms with van der Waals surface area (Å²) in [4.78, 5) is 24.6. The van der Waals surface area contributed by atoms with Gasteiger partial charge in [0, 0.05) is 12.1 Å². The molecule has 0 spiro atoms. The summed E-state index contributed by atoms with van der Waals surface area (Å²) in [6.45, 7) is 2.57. The van der Waals surface area contributed by atoms with Crippen molar-refractivity contribution in [2.45, 2.75) is 31.6 Å². The van der Waals surface area contributed by atoms with Crippen LogP contribution < -0.4 is 14.8 Å². The number of benzene rings is 2. The maximum Gasteiger partial charge on any atom is 0.308 e. The van der Waals surface area contributed by atoms with Crippen LogP contribution in [-0.4, -0.2) is 37.2 Å². The van der Waals surface area contributed by atoms with Crippen LogP contribution in [0.3, 0.4) is 0 Å². The van der Waals surface area contributed by atoms with E-state index in [1.807, 2.05) is 55.5 Å². The van der Waals surface area contributed by atoms with Crippen LogP contribution in [0.2, 0.25) is 0 Å². The van der Waals surface area contributed by atoms with Crippen LogP contribution in [0.4, 0.5) is 0 Å². The first-order chi connectivity index (χ1) is 14.0. The third-order valence-corrected chi connectivity index (χ3v) is 5.38. The molecule has 0 saturated heterocycles. The van der Waals surface area contributed by atoms with Gasteiger partial charge in [-0.2, -0.15) is 0 Å². The van der Waals surface area contributed by atoms with E-state index in [0.717, 1.165) is 29.7 Å². The number of carbonyl (C=O) groups excluding carboxylic acids is 1. The number of nitrogens with one attached hydrogen (secondary N) is 1. The number of ether oxygens (including phenoxy) is 2. The Labute approximate surface area is 170 Å². The zero-order valence-corrected chi connectivity index (χ0v) is 16.8. The lowest BCUT2D eigenvalue weighted by molar-refractivity contribution is -0.141. The summed E-state index contributed by atoms with van der Waals surface area (Å²) in [7, 11) is 1.59. The minimum absolute atomic E-state index is 0.0816. The van der Waals surface area contributed by atoms with Crippen LogP contribution in [0.5, 0.6) is 11.5 Å². The van der Waals surface area contributed by atoms with E-state index in [-0.39, 0.29) is 12.5 Å². The Morgan fingerprint density at radius 1 is 1.14 bits per heavy atom. The molecule has 0 radical (unpaired) electrons. The summed E-state index contributed by atoms with van der Waals surface area (Å²) in [6, 6.07) is 14.9. The topological polar surface area (TPSA) is 84.9 Å². The predicted octanol–water partition coefficient (Wildman–Crippen LogP) is 3.19. The second kappa shape index (κ2) is 8.99. The zero-order valence-electron chi connectivity index (χ0n) is 16.8. The van der Waals surface area contributed by atoms with Crippen molar-refractivity contribution in [1.29, 1.82) is 0 Å². The highest BCUT2D eigenvalue weighted by Gasteiger charge is 2.52. The smallest absolute Gasteiger partial charge is 0.308 e. The molecule has 0 aromatic heterocycles. The van der Waals surface area contributed by atoms with E-state index in [1.165, 1.54) is 0 Å². The van der Waals surface area contributed by atoms with Gasteiger partial charge in [-0.25, -0.2) is 0 Å². The van der Waals surface area contributed by atoms with Gasteiger partial charge < -0.3 is 19.9 Å². The molecule has 6 heteroatoms. The SMILES string of the molecule is CCOc1ccc(CC(CNC(=O)C2(c3ccccc3OC)CC2)C(=O)O)cc1. The number of aliphatic carboxylic acids is 1. The van der Waals surface area contributed by atoms with Crippen LogP contribution in [0.15, 0.2) is 48.5 Å². The van der Waals surface area contributed by atoms with Gasteiger partial charge in [-0.15, -0.1) is 0 Å². The molecule has 0 aliphatic heterocycles. The number of amides is 1. The van der Waals surface area contributed by atoms with Crippen LogP contribution in [0, 0.1) is 5.92 Å². The fourth-order valence-corrected chi connectivity index (χ4v) is 3.59. The first kappa shape index (κ1) is 20.7. The molecule has 1 saturated carbocycles. The third kappa shape index (κ3) is 4.70. The highest BCUT2D eigenvalue weighted by molar-refractivity contribution is 5.92. The van der Waals surface area contributed by atoms with Crippen molar-refractivity contribution in [3.63, 3.8) is 0 Å². The molecule has 1 aliphatic rings. The number of carboxylic acids is 1. The Hall–Kier alpha value is -3.02. The van der Waals surface area contributed by atoms with Crippen molar-refractivity contribution in [3.05, 3.63) is 59.7 Å². The molecular formula is C23H27NO5. The summed E-state index contributed by atoms with van der Waals surface area (Å²) in [6.07, 6.45) is 1.80. The number of carboxylic acid groups (broad SMARTS) is 1. The first-order valence-corrected chi connectivity index (χ1v) is 9.86. The molecule has 154 valence electrons. The van der Waals surface area contributed by atoms with E-state index in [1.54, 1.807) is 7.11 Å². The van der Waals surface area contributed by atoms with Gasteiger partial charge in [-0.3, -0.25) is 9.59 Å². The van der Waals surface area contributed by atoms with Gasteiger partial charge in [0.25, 0.3) is 0 Å². The molecule has 1 aliphatic carbocycles. The number of methoxy groups -OCH3 is 1. The van der Waals surface area contributed by atoms with E-state index >= 15 is 0 Å². The molecule has 29 heavy (non-hydrogen) atoms. The summed E-state index contributed by atoms with van der Waals surface area (Å²) in [5.74, 6) is -0.333. The zero-order chi connectivity index (χ0) is 20.9. The lowest BCUT2D eigenvalue weighted by atomic mass is 9.93. The van der Waals surface area contributed by atoms with Crippen molar-refractivity contribution in [2.24, 2.45) is 5.92 Å². The van der Waals surface area contributed by atoms with Gasteiger partial charge in [-0.1, -0.05) is 30.3 Å². The quantitative estimate of drug-likeness (QED) is 0.643. The number of para-hydroxylation sites is 1. The van der Waals surface area contributed by atoms with Crippen molar-refractivity contribution >= 4 is 11.9 Å². The van der Waals surface area contributed by atoms with E-state index in [9.17, 15) is 14.7 Å². The standard InChI is InChI=1S/C23H27NO5/c1-3-29-18-10-8-16(9-11-18)14-17(21(25)26)15-24-22(27)23(12-13-23)19-6-4-5-7-20(19)28-2/h4-11,17H,3,12-15H2,1-2H3,(H,24,27)(H,25,26).